The van der Waals surface area contributed by atoms with Gasteiger partial charge < -0.3 is 30.2 Å². The number of aliphatic hydroxyl groups is 1. The molecule has 4 N–H and O–H groups in total. The van der Waals surface area contributed by atoms with Gasteiger partial charge in [-0.2, -0.15) is 0 Å². The van der Waals surface area contributed by atoms with Gasteiger partial charge in [-0.25, -0.2) is 4.98 Å². The first-order valence-electron chi connectivity index (χ1n) is 14.6. The summed E-state index contributed by atoms with van der Waals surface area (Å²) in [7, 11) is 0. The number of aryl methyl sites for hydroxylation is 2. The van der Waals surface area contributed by atoms with Crippen LogP contribution in [-0.4, -0.2) is 57.1 Å². The van der Waals surface area contributed by atoms with E-state index in [1.165, 1.54) is 0 Å². The van der Waals surface area contributed by atoms with Gasteiger partial charge in [-0.1, -0.05) is 42.5 Å². The molecule has 1 saturated heterocycles. The maximum absolute atomic E-state index is 13.7. The first kappa shape index (κ1) is 30.0. The summed E-state index contributed by atoms with van der Waals surface area (Å²) in [6.07, 6.45) is 2.72. The third-order valence-corrected chi connectivity index (χ3v) is 7.69. The Balaban J connectivity index is 1.30. The lowest BCUT2D eigenvalue weighted by Crippen LogP contribution is -2.48. The lowest BCUT2D eigenvalue weighted by Gasteiger charge is -2.25. The summed E-state index contributed by atoms with van der Waals surface area (Å²) < 4.78 is 5.61. The van der Waals surface area contributed by atoms with Crippen molar-refractivity contribution in [3.63, 3.8) is 0 Å². The Labute approximate surface area is 251 Å². The summed E-state index contributed by atoms with van der Waals surface area (Å²) >= 11 is 0. The van der Waals surface area contributed by atoms with Crippen LogP contribution in [0.3, 0.4) is 0 Å². The fourth-order valence-corrected chi connectivity index (χ4v) is 5.57. The van der Waals surface area contributed by atoms with Gasteiger partial charge in [0.25, 0.3) is 11.8 Å². The number of rotatable bonds is 11. The van der Waals surface area contributed by atoms with Gasteiger partial charge in [-0.15, -0.1) is 0 Å². The number of hydrogen-bond donors (Lipinski definition) is 4. The minimum absolute atomic E-state index is 0.173. The van der Waals surface area contributed by atoms with Crippen LogP contribution in [0.15, 0.2) is 83.5 Å². The molecule has 1 aliphatic rings. The Bertz CT molecular complexity index is 1550. The van der Waals surface area contributed by atoms with Gasteiger partial charge in [0.2, 0.25) is 5.89 Å². The van der Waals surface area contributed by atoms with E-state index in [-0.39, 0.29) is 30.2 Å². The molecule has 0 saturated carbocycles. The largest absolute Gasteiger partial charge is 0.508 e. The minimum atomic E-state index is -0.901. The minimum Gasteiger partial charge on any atom is -0.508 e. The first-order valence-corrected chi connectivity index (χ1v) is 14.6. The van der Waals surface area contributed by atoms with Crippen molar-refractivity contribution in [2.75, 3.05) is 13.1 Å². The summed E-state index contributed by atoms with van der Waals surface area (Å²) in [5.74, 6) is 0.169. The number of carbonyl (C=O) groups is 2. The molecule has 3 aromatic carbocycles. The summed E-state index contributed by atoms with van der Waals surface area (Å²) in [5, 5.41) is 27.1. The van der Waals surface area contributed by atoms with Gasteiger partial charge in [0.05, 0.1) is 17.8 Å². The molecule has 1 aromatic heterocycles. The Hall–Kier alpha value is -4.47. The maximum Gasteiger partial charge on any atom is 0.254 e. The maximum atomic E-state index is 13.7. The van der Waals surface area contributed by atoms with E-state index in [1.807, 2.05) is 50.2 Å². The van der Waals surface area contributed by atoms with Crippen LogP contribution < -0.4 is 10.6 Å². The second kappa shape index (κ2) is 13.7. The number of hydrogen-bond acceptors (Lipinski definition) is 7. The SMILES string of the molecule is Cc1cc(C(=O)N[C@@H](Cc2ccccc2)[C@H](O)CNCc2cccc(O)c2)cc(C(=O)N2CCC[C@@H]2c2nc(C)co2)c1. The van der Waals surface area contributed by atoms with Crippen molar-refractivity contribution in [2.45, 2.75) is 57.8 Å². The molecule has 0 radical (unpaired) electrons. The zero-order valence-electron chi connectivity index (χ0n) is 24.5. The molecule has 0 bridgehead atoms. The summed E-state index contributed by atoms with van der Waals surface area (Å²) in [5.41, 5.74) is 4.18. The number of phenolic OH excluding ortho intramolecular Hbond substituents is 1. The third kappa shape index (κ3) is 7.68. The predicted octanol–water partition coefficient (Wildman–Crippen LogP) is 4.47. The average molecular weight is 583 g/mol. The molecule has 9 nitrogen and oxygen atoms in total. The molecule has 2 amide bonds. The molecule has 4 aromatic rings. The number of phenols is 1. The van der Waals surface area contributed by atoms with E-state index in [0.717, 1.165) is 35.2 Å². The fraction of sp³-hybridized carbons (Fsp3) is 0.324. The number of aromatic nitrogens is 1. The van der Waals surface area contributed by atoms with Gasteiger partial charge in [-0.05, 0) is 80.1 Å². The van der Waals surface area contributed by atoms with Crippen LogP contribution in [0, 0.1) is 13.8 Å². The monoisotopic (exact) mass is 582 g/mol. The van der Waals surface area contributed by atoms with Crippen LogP contribution in [0.1, 0.15) is 67.9 Å². The highest BCUT2D eigenvalue weighted by Crippen LogP contribution is 2.33. The number of aliphatic hydroxyl groups excluding tert-OH is 1. The van der Waals surface area contributed by atoms with Crippen LogP contribution in [-0.2, 0) is 13.0 Å². The molecular weight excluding hydrogens is 544 g/mol. The highest BCUT2D eigenvalue weighted by Gasteiger charge is 2.34. The average Bonchev–Trinajstić information content (AvgIpc) is 3.66. The van der Waals surface area contributed by atoms with Crippen LogP contribution >= 0.6 is 0 Å². The molecule has 5 rings (SSSR count). The summed E-state index contributed by atoms with van der Waals surface area (Å²) in [4.78, 5) is 33.5. The van der Waals surface area contributed by atoms with Crippen molar-refractivity contribution < 1.29 is 24.2 Å². The Morgan fingerprint density at radius 1 is 1.02 bits per heavy atom. The van der Waals surface area contributed by atoms with Crippen LogP contribution in [0.25, 0.3) is 0 Å². The van der Waals surface area contributed by atoms with Crippen molar-refractivity contribution in [1.82, 2.24) is 20.5 Å². The molecule has 3 atom stereocenters. The first-order chi connectivity index (χ1) is 20.8. The molecule has 1 fully saturated rings. The number of carbonyl (C=O) groups excluding carboxylic acids is 2. The number of aromatic hydroxyl groups is 1. The second-order valence-corrected chi connectivity index (χ2v) is 11.2. The van der Waals surface area contributed by atoms with Crippen LogP contribution in [0.5, 0.6) is 5.75 Å². The van der Waals surface area contributed by atoms with E-state index in [0.29, 0.717) is 36.5 Å². The highest BCUT2D eigenvalue weighted by molar-refractivity contribution is 6.00. The van der Waals surface area contributed by atoms with Crippen LogP contribution in [0.4, 0.5) is 0 Å². The lowest BCUT2D eigenvalue weighted by molar-refractivity contribution is 0.0715. The van der Waals surface area contributed by atoms with E-state index in [4.69, 9.17) is 4.42 Å². The van der Waals surface area contributed by atoms with Gasteiger partial charge in [0, 0.05) is 30.8 Å². The topological polar surface area (TPSA) is 128 Å². The van der Waals surface area contributed by atoms with Crippen molar-refractivity contribution in [3.8, 4) is 5.75 Å². The van der Waals surface area contributed by atoms with Gasteiger partial charge in [0.1, 0.15) is 18.1 Å². The van der Waals surface area contributed by atoms with Crippen molar-refractivity contribution in [3.05, 3.63) is 118 Å². The van der Waals surface area contributed by atoms with Gasteiger partial charge in [0.15, 0.2) is 0 Å². The van der Waals surface area contributed by atoms with Crippen molar-refractivity contribution in [2.24, 2.45) is 0 Å². The number of amides is 2. The van der Waals surface area contributed by atoms with Crippen LogP contribution in [0.2, 0.25) is 0 Å². The van der Waals surface area contributed by atoms with Gasteiger partial charge in [-0.3, -0.25) is 9.59 Å². The smallest absolute Gasteiger partial charge is 0.254 e. The molecule has 0 aliphatic carbocycles. The standard InChI is InChI=1S/C34H38N4O5/c1-22-14-26(18-27(15-22)34(42)38-13-7-12-30(38)33-36-23(2)21-43-33)32(41)37-29(17-24-8-4-3-5-9-24)31(40)20-35-19-25-10-6-11-28(39)16-25/h3-6,8-11,14-16,18,21,29-31,35,39-40H,7,12-13,17,19-20H2,1-2H3,(H,37,41)/t29-,30+,31+/m0/s1. The summed E-state index contributed by atoms with van der Waals surface area (Å²) in [6, 6.07) is 20.9. The Morgan fingerprint density at radius 3 is 2.53 bits per heavy atom. The number of oxazole rings is 1. The van der Waals surface area contributed by atoms with Crippen molar-refractivity contribution in [1.29, 1.82) is 0 Å². The fourth-order valence-electron chi connectivity index (χ4n) is 5.57. The quantitative estimate of drug-likeness (QED) is 0.206. The zero-order valence-corrected chi connectivity index (χ0v) is 24.5. The van der Waals surface area contributed by atoms with Gasteiger partial charge >= 0.3 is 0 Å². The molecule has 1 aliphatic heterocycles. The van der Waals surface area contributed by atoms with E-state index in [2.05, 4.69) is 15.6 Å². The number of likely N-dealkylation sites (tertiary alicyclic amines) is 1. The Kier molecular flexibility index (Phi) is 9.54. The molecule has 0 unspecified atom stereocenters. The Morgan fingerprint density at radius 2 is 1.79 bits per heavy atom. The number of benzene rings is 3. The zero-order chi connectivity index (χ0) is 30.3. The van der Waals surface area contributed by atoms with Crippen molar-refractivity contribution >= 4 is 11.8 Å². The van der Waals surface area contributed by atoms with E-state index in [1.54, 1.807) is 47.6 Å². The summed E-state index contributed by atoms with van der Waals surface area (Å²) in [6.45, 7) is 4.97. The molecule has 43 heavy (non-hydrogen) atoms. The lowest BCUT2D eigenvalue weighted by atomic mass is 9.99. The number of nitrogens with zero attached hydrogens (tertiary/aromatic N) is 2. The molecule has 0 spiro atoms. The molecule has 9 heteroatoms. The number of nitrogens with one attached hydrogen (secondary N) is 2. The second-order valence-electron chi connectivity index (χ2n) is 11.2. The highest BCUT2D eigenvalue weighted by atomic mass is 16.3. The van der Waals surface area contributed by atoms with E-state index >= 15 is 0 Å². The third-order valence-electron chi connectivity index (χ3n) is 7.69. The predicted molar refractivity (Wildman–Crippen MR) is 163 cm³/mol. The van der Waals surface area contributed by atoms with E-state index < -0.39 is 12.1 Å². The van der Waals surface area contributed by atoms with E-state index in [9.17, 15) is 19.8 Å². The molecule has 224 valence electrons. The normalized spacial score (nSPS) is 16.2. The molecular formula is C34H38N4O5. The molecule has 2 heterocycles.